The lowest BCUT2D eigenvalue weighted by Crippen LogP contribution is -2.16. The summed E-state index contributed by atoms with van der Waals surface area (Å²) in [6.07, 6.45) is 0.726. The Hall–Kier alpha value is -2.36. The molecule has 1 amide bonds. The lowest BCUT2D eigenvalue weighted by molar-refractivity contribution is 0.0999. The summed E-state index contributed by atoms with van der Waals surface area (Å²) in [6.45, 7) is 7.64. The van der Waals surface area contributed by atoms with Crippen molar-refractivity contribution in [2.75, 3.05) is 0 Å². The third-order valence-corrected chi connectivity index (χ3v) is 3.95. The monoisotopic (exact) mass is 284 g/mol. The van der Waals surface area contributed by atoms with Gasteiger partial charge in [-0.2, -0.15) is 0 Å². The van der Waals surface area contributed by atoms with Crippen molar-refractivity contribution < 1.29 is 4.79 Å². The van der Waals surface area contributed by atoms with Gasteiger partial charge in [0, 0.05) is 16.8 Å². The van der Waals surface area contributed by atoms with Gasteiger partial charge >= 0.3 is 0 Å². The molecule has 0 saturated carbocycles. The molecule has 0 aliphatic heterocycles. The highest BCUT2D eigenvalue weighted by Crippen LogP contribution is 2.30. The number of primary amides is 1. The summed E-state index contributed by atoms with van der Waals surface area (Å²) in [5, 5.41) is 0. The average molecular weight is 284 g/mol. The van der Waals surface area contributed by atoms with Gasteiger partial charge in [-0.3, -0.25) is 9.59 Å². The van der Waals surface area contributed by atoms with Crippen LogP contribution in [0.3, 0.4) is 0 Å². The lowest BCUT2D eigenvalue weighted by atomic mass is 9.88. The Balaban J connectivity index is 2.83. The van der Waals surface area contributed by atoms with Gasteiger partial charge in [0.2, 0.25) is 5.91 Å². The second-order valence-electron chi connectivity index (χ2n) is 5.31. The van der Waals surface area contributed by atoms with Crippen LogP contribution in [0.5, 0.6) is 0 Å². The van der Waals surface area contributed by atoms with E-state index in [-0.39, 0.29) is 5.56 Å². The van der Waals surface area contributed by atoms with Crippen LogP contribution in [0.15, 0.2) is 23.0 Å². The molecule has 1 aromatic carbocycles. The molecule has 4 heteroatoms. The van der Waals surface area contributed by atoms with Crippen molar-refractivity contribution in [3.8, 4) is 11.1 Å². The molecule has 110 valence electrons. The molecule has 4 nitrogen and oxygen atoms in total. The summed E-state index contributed by atoms with van der Waals surface area (Å²) < 4.78 is 0. The second kappa shape index (κ2) is 5.56. The zero-order valence-corrected chi connectivity index (χ0v) is 12.8. The molecule has 0 aliphatic rings. The molecule has 2 rings (SSSR count). The first-order valence-corrected chi connectivity index (χ1v) is 7.00. The molecule has 0 fully saturated rings. The van der Waals surface area contributed by atoms with Crippen molar-refractivity contribution in [1.29, 1.82) is 0 Å². The Bertz CT molecular complexity index is 773. The van der Waals surface area contributed by atoms with Gasteiger partial charge in [0.1, 0.15) is 0 Å². The molecule has 1 heterocycles. The number of aromatic nitrogens is 1. The number of amides is 1. The van der Waals surface area contributed by atoms with Crippen molar-refractivity contribution in [2.24, 2.45) is 5.73 Å². The Labute approximate surface area is 124 Å². The molecule has 21 heavy (non-hydrogen) atoms. The van der Waals surface area contributed by atoms with Crippen LogP contribution in [0.1, 0.15) is 39.7 Å². The van der Waals surface area contributed by atoms with Crippen LogP contribution in [0, 0.1) is 20.8 Å². The third kappa shape index (κ3) is 2.61. The van der Waals surface area contributed by atoms with Crippen molar-refractivity contribution in [2.45, 2.75) is 34.1 Å². The number of aryl methyl sites for hydroxylation is 2. The Kier molecular flexibility index (Phi) is 3.98. The molecule has 2 aromatic rings. The fourth-order valence-corrected chi connectivity index (χ4v) is 2.66. The molecule has 3 N–H and O–H groups in total. The van der Waals surface area contributed by atoms with E-state index in [1.807, 2.05) is 39.8 Å². The first kappa shape index (κ1) is 15.0. The maximum absolute atomic E-state index is 12.2. The van der Waals surface area contributed by atoms with E-state index < -0.39 is 5.91 Å². The van der Waals surface area contributed by atoms with E-state index in [1.165, 1.54) is 0 Å². The maximum Gasteiger partial charge on any atom is 0.256 e. The minimum atomic E-state index is -0.435. The van der Waals surface area contributed by atoms with Crippen LogP contribution in [0.2, 0.25) is 0 Å². The number of nitrogens with one attached hydrogen (secondary N) is 1. The molecule has 0 aliphatic carbocycles. The zero-order valence-electron chi connectivity index (χ0n) is 12.8. The van der Waals surface area contributed by atoms with Gasteiger partial charge in [-0.25, -0.2) is 0 Å². The quantitative estimate of drug-likeness (QED) is 0.909. The summed E-state index contributed by atoms with van der Waals surface area (Å²) in [5.41, 5.74) is 10.9. The molecular weight excluding hydrogens is 264 g/mol. The van der Waals surface area contributed by atoms with Crippen LogP contribution in [-0.2, 0) is 6.42 Å². The molecule has 1 aromatic heterocycles. The summed E-state index contributed by atoms with van der Waals surface area (Å²) in [6, 6.07) is 5.52. The minimum absolute atomic E-state index is 0.112. The lowest BCUT2D eigenvalue weighted by Gasteiger charge is -2.16. The van der Waals surface area contributed by atoms with Gasteiger partial charge in [0.05, 0.1) is 0 Å². The van der Waals surface area contributed by atoms with Crippen LogP contribution in [0.4, 0.5) is 0 Å². The van der Waals surface area contributed by atoms with E-state index in [0.29, 0.717) is 11.1 Å². The predicted molar refractivity (Wildman–Crippen MR) is 84.6 cm³/mol. The van der Waals surface area contributed by atoms with Gasteiger partial charge in [0.25, 0.3) is 5.56 Å². The van der Waals surface area contributed by atoms with Crippen molar-refractivity contribution >= 4 is 5.91 Å². The summed E-state index contributed by atoms with van der Waals surface area (Å²) >= 11 is 0. The topological polar surface area (TPSA) is 76.0 Å². The van der Waals surface area contributed by atoms with Crippen LogP contribution < -0.4 is 11.3 Å². The van der Waals surface area contributed by atoms with Crippen LogP contribution in [-0.4, -0.2) is 10.9 Å². The van der Waals surface area contributed by atoms with Gasteiger partial charge in [0.15, 0.2) is 0 Å². The van der Waals surface area contributed by atoms with Crippen LogP contribution >= 0.6 is 0 Å². The highest BCUT2D eigenvalue weighted by atomic mass is 16.1. The number of H-pyrrole nitrogens is 1. The van der Waals surface area contributed by atoms with E-state index in [9.17, 15) is 9.59 Å². The number of hydrogen-bond donors (Lipinski definition) is 2. The predicted octanol–water partition coefficient (Wildman–Crippen LogP) is 2.63. The molecule has 0 saturated heterocycles. The fourth-order valence-electron chi connectivity index (χ4n) is 2.66. The maximum atomic E-state index is 12.2. The van der Waals surface area contributed by atoms with E-state index in [4.69, 9.17) is 5.73 Å². The number of carbonyl (C=O) groups excluding carboxylic acids is 1. The van der Waals surface area contributed by atoms with E-state index in [1.54, 1.807) is 6.07 Å². The third-order valence-electron chi connectivity index (χ3n) is 3.95. The molecule has 0 spiro atoms. The number of benzene rings is 1. The van der Waals surface area contributed by atoms with E-state index in [0.717, 1.165) is 34.4 Å². The van der Waals surface area contributed by atoms with E-state index in [2.05, 4.69) is 4.98 Å². The molecule has 0 bridgehead atoms. The summed E-state index contributed by atoms with van der Waals surface area (Å²) in [7, 11) is 0. The largest absolute Gasteiger partial charge is 0.366 e. The van der Waals surface area contributed by atoms with Crippen molar-refractivity contribution in [3.63, 3.8) is 0 Å². The fraction of sp³-hybridized carbons (Fsp3) is 0.294. The molecule has 0 unspecified atom stereocenters. The number of nitrogens with two attached hydrogens (primary N) is 1. The number of pyridine rings is 1. The number of aromatic amines is 1. The standard InChI is InChI=1S/C17H20N2O2/c1-5-12-8-14(16(18)20)10(3)11(4)15(12)13-7-6-9(2)19-17(13)21/h6-8H,5H2,1-4H3,(H2,18,20)(H,19,21). The smallest absolute Gasteiger partial charge is 0.256 e. The first-order chi connectivity index (χ1) is 9.86. The Morgan fingerprint density at radius 3 is 2.38 bits per heavy atom. The number of carbonyl (C=O) groups is 1. The van der Waals surface area contributed by atoms with Gasteiger partial charge in [-0.05, 0) is 67.6 Å². The SMILES string of the molecule is CCc1cc(C(N)=O)c(C)c(C)c1-c1ccc(C)[nH]c1=O. The normalized spacial score (nSPS) is 10.7. The van der Waals surface area contributed by atoms with Crippen molar-refractivity contribution in [3.05, 3.63) is 56.5 Å². The molecular formula is C17H20N2O2. The summed E-state index contributed by atoms with van der Waals surface area (Å²) in [5.74, 6) is -0.435. The van der Waals surface area contributed by atoms with Gasteiger partial charge in [-0.15, -0.1) is 0 Å². The zero-order chi connectivity index (χ0) is 15.7. The van der Waals surface area contributed by atoms with Crippen molar-refractivity contribution in [1.82, 2.24) is 4.98 Å². The van der Waals surface area contributed by atoms with Gasteiger partial charge < -0.3 is 10.7 Å². The molecule has 0 radical (unpaired) electrons. The highest BCUT2D eigenvalue weighted by Gasteiger charge is 2.17. The van der Waals surface area contributed by atoms with Gasteiger partial charge in [-0.1, -0.05) is 6.92 Å². The van der Waals surface area contributed by atoms with Crippen LogP contribution in [0.25, 0.3) is 11.1 Å². The average Bonchev–Trinajstić information content (AvgIpc) is 2.42. The highest BCUT2D eigenvalue weighted by molar-refractivity contribution is 5.96. The second-order valence-corrected chi connectivity index (χ2v) is 5.31. The minimum Gasteiger partial charge on any atom is -0.366 e. The van der Waals surface area contributed by atoms with E-state index >= 15 is 0 Å². The first-order valence-electron chi connectivity index (χ1n) is 7.00. The Morgan fingerprint density at radius 2 is 1.86 bits per heavy atom. The summed E-state index contributed by atoms with van der Waals surface area (Å²) in [4.78, 5) is 26.6. The Morgan fingerprint density at radius 1 is 1.19 bits per heavy atom. The molecule has 0 atom stereocenters. The number of rotatable bonds is 3. The number of hydrogen-bond acceptors (Lipinski definition) is 2.